The van der Waals surface area contributed by atoms with Crippen molar-refractivity contribution in [3.8, 4) is 5.75 Å². The zero-order valence-electron chi connectivity index (χ0n) is 9.83. The first-order valence-electron chi connectivity index (χ1n) is 5.12. The van der Waals surface area contributed by atoms with Crippen LogP contribution in [0.4, 0.5) is 4.39 Å². The number of nitrogens with two attached hydrogens (primary N) is 1. The summed E-state index contributed by atoms with van der Waals surface area (Å²) in [5.74, 6) is -0.248. The van der Waals surface area contributed by atoms with Gasteiger partial charge in [-0.3, -0.25) is 0 Å². The average molecular weight is 227 g/mol. The van der Waals surface area contributed by atoms with Crippen LogP contribution < -0.4 is 10.5 Å². The largest absolute Gasteiger partial charge is 0.494 e. The van der Waals surface area contributed by atoms with E-state index in [-0.39, 0.29) is 18.4 Å². The molecule has 0 saturated carbocycles. The number of aliphatic hydroxyl groups is 1. The Morgan fingerprint density at radius 1 is 1.50 bits per heavy atom. The SMILES string of the molecule is COc1cc([C@H](N)C(C)(C)CO)ccc1F. The minimum Gasteiger partial charge on any atom is -0.494 e. The van der Waals surface area contributed by atoms with Crippen molar-refractivity contribution in [1.29, 1.82) is 0 Å². The van der Waals surface area contributed by atoms with E-state index in [2.05, 4.69) is 0 Å². The summed E-state index contributed by atoms with van der Waals surface area (Å²) in [5.41, 5.74) is 6.31. The molecular formula is C12H18FNO2. The van der Waals surface area contributed by atoms with Gasteiger partial charge in [0.15, 0.2) is 11.6 Å². The van der Waals surface area contributed by atoms with E-state index in [0.29, 0.717) is 0 Å². The first-order valence-corrected chi connectivity index (χ1v) is 5.12. The van der Waals surface area contributed by atoms with Crippen molar-refractivity contribution in [3.05, 3.63) is 29.6 Å². The predicted octanol–water partition coefficient (Wildman–Crippen LogP) is 1.85. The first-order chi connectivity index (χ1) is 7.42. The summed E-state index contributed by atoms with van der Waals surface area (Å²) in [6.45, 7) is 3.68. The van der Waals surface area contributed by atoms with Crippen molar-refractivity contribution in [1.82, 2.24) is 0 Å². The topological polar surface area (TPSA) is 55.5 Å². The molecule has 1 aromatic carbocycles. The van der Waals surface area contributed by atoms with Crippen molar-refractivity contribution in [3.63, 3.8) is 0 Å². The van der Waals surface area contributed by atoms with Gasteiger partial charge in [0.05, 0.1) is 7.11 Å². The van der Waals surface area contributed by atoms with E-state index in [0.717, 1.165) is 5.56 Å². The molecule has 3 N–H and O–H groups in total. The van der Waals surface area contributed by atoms with Crippen molar-refractivity contribution in [2.75, 3.05) is 13.7 Å². The van der Waals surface area contributed by atoms with Crippen LogP contribution in [0, 0.1) is 11.2 Å². The number of aliphatic hydroxyl groups excluding tert-OH is 1. The van der Waals surface area contributed by atoms with E-state index in [9.17, 15) is 9.50 Å². The summed E-state index contributed by atoms with van der Waals surface area (Å²) in [6, 6.07) is 4.13. The van der Waals surface area contributed by atoms with Crippen LogP contribution in [0.15, 0.2) is 18.2 Å². The highest BCUT2D eigenvalue weighted by Crippen LogP contribution is 2.32. The van der Waals surface area contributed by atoms with Crippen molar-refractivity contribution in [2.45, 2.75) is 19.9 Å². The lowest BCUT2D eigenvalue weighted by Gasteiger charge is -2.29. The Bertz CT molecular complexity index is 366. The van der Waals surface area contributed by atoms with Crippen molar-refractivity contribution >= 4 is 0 Å². The lowest BCUT2D eigenvalue weighted by atomic mass is 9.82. The summed E-state index contributed by atoms with van der Waals surface area (Å²) < 4.78 is 18.1. The zero-order valence-corrected chi connectivity index (χ0v) is 9.83. The molecule has 16 heavy (non-hydrogen) atoms. The van der Waals surface area contributed by atoms with Crippen LogP contribution in [-0.2, 0) is 0 Å². The van der Waals surface area contributed by atoms with Gasteiger partial charge in [-0.25, -0.2) is 4.39 Å². The molecule has 1 atom stereocenters. The zero-order chi connectivity index (χ0) is 12.3. The molecule has 0 aliphatic carbocycles. The molecule has 3 nitrogen and oxygen atoms in total. The van der Waals surface area contributed by atoms with Gasteiger partial charge < -0.3 is 15.6 Å². The molecule has 0 aliphatic rings. The Balaban J connectivity index is 3.05. The fourth-order valence-electron chi connectivity index (χ4n) is 1.42. The highest BCUT2D eigenvalue weighted by Gasteiger charge is 2.27. The maximum atomic E-state index is 13.2. The van der Waals surface area contributed by atoms with Gasteiger partial charge in [-0.1, -0.05) is 19.9 Å². The van der Waals surface area contributed by atoms with Crippen LogP contribution in [0.1, 0.15) is 25.5 Å². The van der Waals surface area contributed by atoms with Crippen LogP contribution in [0.5, 0.6) is 5.75 Å². The Morgan fingerprint density at radius 3 is 2.62 bits per heavy atom. The predicted molar refractivity (Wildman–Crippen MR) is 60.7 cm³/mol. The van der Waals surface area contributed by atoms with E-state index >= 15 is 0 Å². The number of methoxy groups -OCH3 is 1. The van der Waals surface area contributed by atoms with E-state index in [4.69, 9.17) is 10.5 Å². The number of halogens is 1. The number of rotatable bonds is 4. The van der Waals surface area contributed by atoms with Gasteiger partial charge in [0.25, 0.3) is 0 Å². The maximum Gasteiger partial charge on any atom is 0.165 e. The van der Waals surface area contributed by atoms with Crippen molar-refractivity contribution < 1.29 is 14.2 Å². The van der Waals surface area contributed by atoms with E-state index in [1.165, 1.54) is 13.2 Å². The second-order valence-electron chi connectivity index (χ2n) is 4.52. The number of hydrogen-bond donors (Lipinski definition) is 2. The van der Waals surface area contributed by atoms with Crippen LogP contribution in [0.25, 0.3) is 0 Å². The Hall–Kier alpha value is -1.13. The van der Waals surface area contributed by atoms with E-state index in [1.807, 2.05) is 13.8 Å². The first kappa shape index (κ1) is 12.9. The standard InChI is InChI=1S/C12H18FNO2/c1-12(2,7-15)11(14)8-4-5-9(13)10(6-8)16-3/h4-6,11,15H,7,14H2,1-3H3/t11-/m0/s1. The third kappa shape index (κ3) is 2.51. The van der Waals surface area contributed by atoms with Crippen LogP contribution >= 0.6 is 0 Å². The molecule has 90 valence electrons. The third-order valence-electron chi connectivity index (χ3n) is 2.78. The molecule has 1 aromatic rings. The molecule has 4 heteroatoms. The minimum absolute atomic E-state index is 0.0339. The summed E-state index contributed by atoms with van der Waals surface area (Å²) in [4.78, 5) is 0. The molecule has 0 amide bonds. The Labute approximate surface area is 95.0 Å². The van der Waals surface area contributed by atoms with Gasteiger partial charge in [0.2, 0.25) is 0 Å². The normalized spacial score (nSPS) is 13.6. The monoisotopic (exact) mass is 227 g/mol. The van der Waals surface area contributed by atoms with Gasteiger partial charge in [-0.05, 0) is 17.7 Å². The summed E-state index contributed by atoms with van der Waals surface area (Å²) >= 11 is 0. The lowest BCUT2D eigenvalue weighted by molar-refractivity contribution is 0.132. The van der Waals surface area contributed by atoms with Crippen molar-refractivity contribution in [2.24, 2.45) is 11.1 Å². The second kappa shape index (κ2) is 4.80. The van der Waals surface area contributed by atoms with E-state index < -0.39 is 11.2 Å². The molecule has 1 rings (SSSR count). The molecule has 0 fully saturated rings. The average Bonchev–Trinajstić information content (AvgIpc) is 2.28. The highest BCUT2D eigenvalue weighted by molar-refractivity contribution is 5.32. The third-order valence-corrected chi connectivity index (χ3v) is 2.78. The molecular weight excluding hydrogens is 209 g/mol. The fraction of sp³-hybridized carbons (Fsp3) is 0.500. The molecule has 0 heterocycles. The molecule has 0 aromatic heterocycles. The Kier molecular flexibility index (Phi) is 3.88. The van der Waals surface area contributed by atoms with Gasteiger partial charge in [-0.2, -0.15) is 0 Å². The van der Waals surface area contributed by atoms with Gasteiger partial charge in [0.1, 0.15) is 0 Å². The smallest absolute Gasteiger partial charge is 0.165 e. The lowest BCUT2D eigenvalue weighted by Crippen LogP contribution is -2.32. The highest BCUT2D eigenvalue weighted by atomic mass is 19.1. The minimum atomic E-state index is -0.456. The van der Waals surface area contributed by atoms with Gasteiger partial charge in [-0.15, -0.1) is 0 Å². The summed E-state index contributed by atoms with van der Waals surface area (Å²) in [5, 5.41) is 9.22. The Morgan fingerprint density at radius 2 is 2.12 bits per heavy atom. The maximum absolute atomic E-state index is 13.2. The molecule has 0 bridgehead atoms. The van der Waals surface area contributed by atoms with Crippen LogP contribution in [0.3, 0.4) is 0 Å². The quantitative estimate of drug-likeness (QED) is 0.825. The molecule has 0 saturated heterocycles. The molecule has 0 radical (unpaired) electrons. The van der Waals surface area contributed by atoms with Crippen LogP contribution in [0.2, 0.25) is 0 Å². The molecule has 0 aliphatic heterocycles. The van der Waals surface area contributed by atoms with Gasteiger partial charge >= 0.3 is 0 Å². The fourth-order valence-corrected chi connectivity index (χ4v) is 1.42. The van der Waals surface area contributed by atoms with Gasteiger partial charge in [0, 0.05) is 18.1 Å². The van der Waals surface area contributed by atoms with E-state index in [1.54, 1.807) is 12.1 Å². The summed E-state index contributed by atoms with van der Waals surface area (Å²) in [7, 11) is 1.41. The number of benzene rings is 1. The summed E-state index contributed by atoms with van der Waals surface area (Å²) in [6.07, 6.45) is 0. The molecule has 0 unspecified atom stereocenters. The van der Waals surface area contributed by atoms with Crippen LogP contribution in [-0.4, -0.2) is 18.8 Å². The second-order valence-corrected chi connectivity index (χ2v) is 4.52. The number of ether oxygens (including phenoxy) is 1. The molecule has 0 spiro atoms. The number of hydrogen-bond acceptors (Lipinski definition) is 3.